The third-order valence-electron chi connectivity index (χ3n) is 3.39. The van der Waals surface area contributed by atoms with Crippen molar-refractivity contribution < 1.29 is 14.3 Å². The zero-order valence-corrected chi connectivity index (χ0v) is 9.24. The lowest BCUT2D eigenvalue weighted by Gasteiger charge is -2.29. The van der Waals surface area contributed by atoms with Crippen molar-refractivity contribution in [1.82, 2.24) is 0 Å². The molecule has 2 atom stereocenters. The Bertz CT molecular complexity index is 414. The maximum atomic E-state index is 13.7. The first-order valence-electron chi connectivity index (χ1n) is 5.59. The number of halogens is 1. The molecular weight excluding hydrogens is 207 g/mol. The molecule has 0 spiro atoms. The summed E-state index contributed by atoms with van der Waals surface area (Å²) in [6, 6.07) is 4.99. The average Bonchev–Trinajstić information content (AvgIpc) is 2.22. The van der Waals surface area contributed by atoms with Gasteiger partial charge in [0.25, 0.3) is 0 Å². The standard InChI is InChI=1S/C13H15FO2/c1-8-5-6-9(7-12(15)16)10-3-2-4-11(14)13(8)10/h2-4,8-9H,5-7H2,1H3,(H,15,16). The lowest BCUT2D eigenvalue weighted by atomic mass is 9.76. The number of fused-ring (bicyclic) bond motifs is 1. The second kappa shape index (κ2) is 4.24. The van der Waals surface area contributed by atoms with E-state index in [2.05, 4.69) is 0 Å². The van der Waals surface area contributed by atoms with Crippen LogP contribution in [0.3, 0.4) is 0 Å². The first kappa shape index (κ1) is 11.1. The normalized spacial score (nSPS) is 23.9. The van der Waals surface area contributed by atoms with E-state index in [-0.39, 0.29) is 24.1 Å². The largest absolute Gasteiger partial charge is 0.481 e. The number of aliphatic carboxylic acids is 1. The molecule has 2 unspecified atom stereocenters. The Morgan fingerprint density at radius 1 is 1.50 bits per heavy atom. The Morgan fingerprint density at radius 2 is 2.25 bits per heavy atom. The third kappa shape index (κ3) is 1.94. The lowest BCUT2D eigenvalue weighted by molar-refractivity contribution is -0.137. The molecule has 16 heavy (non-hydrogen) atoms. The van der Waals surface area contributed by atoms with Gasteiger partial charge in [-0.1, -0.05) is 19.1 Å². The zero-order chi connectivity index (χ0) is 11.7. The number of carboxylic acid groups (broad SMARTS) is 1. The van der Waals surface area contributed by atoms with E-state index in [1.165, 1.54) is 6.07 Å². The number of hydrogen-bond acceptors (Lipinski definition) is 1. The summed E-state index contributed by atoms with van der Waals surface area (Å²) in [6.07, 6.45) is 1.80. The van der Waals surface area contributed by atoms with Crippen LogP contribution in [0.15, 0.2) is 18.2 Å². The summed E-state index contributed by atoms with van der Waals surface area (Å²) in [5.74, 6) is -0.838. The molecule has 3 heteroatoms. The van der Waals surface area contributed by atoms with Crippen molar-refractivity contribution in [3.8, 4) is 0 Å². The van der Waals surface area contributed by atoms with Crippen LogP contribution in [0.1, 0.15) is 49.1 Å². The fraction of sp³-hybridized carbons (Fsp3) is 0.462. The second-order valence-electron chi connectivity index (χ2n) is 4.52. The second-order valence-corrected chi connectivity index (χ2v) is 4.52. The van der Waals surface area contributed by atoms with E-state index in [9.17, 15) is 9.18 Å². The van der Waals surface area contributed by atoms with Gasteiger partial charge in [0.05, 0.1) is 6.42 Å². The zero-order valence-electron chi connectivity index (χ0n) is 9.24. The highest BCUT2D eigenvalue weighted by Gasteiger charge is 2.28. The Morgan fingerprint density at radius 3 is 2.94 bits per heavy atom. The molecule has 1 N–H and O–H groups in total. The summed E-state index contributed by atoms with van der Waals surface area (Å²) < 4.78 is 13.7. The van der Waals surface area contributed by atoms with Gasteiger partial charge < -0.3 is 5.11 Å². The lowest BCUT2D eigenvalue weighted by Crippen LogP contribution is -2.17. The van der Waals surface area contributed by atoms with Crippen LogP contribution < -0.4 is 0 Å². The van der Waals surface area contributed by atoms with Gasteiger partial charge in [-0.2, -0.15) is 0 Å². The Labute approximate surface area is 94.1 Å². The van der Waals surface area contributed by atoms with Gasteiger partial charge in [-0.25, -0.2) is 4.39 Å². The highest BCUT2D eigenvalue weighted by atomic mass is 19.1. The highest BCUT2D eigenvalue weighted by Crippen LogP contribution is 2.41. The Hall–Kier alpha value is -1.38. The Balaban J connectivity index is 2.40. The molecule has 0 fully saturated rings. The molecule has 0 saturated heterocycles. The van der Waals surface area contributed by atoms with Crippen molar-refractivity contribution in [1.29, 1.82) is 0 Å². The van der Waals surface area contributed by atoms with Gasteiger partial charge in [0.1, 0.15) is 5.82 Å². The van der Waals surface area contributed by atoms with Crippen molar-refractivity contribution in [2.24, 2.45) is 0 Å². The molecule has 2 rings (SSSR count). The van der Waals surface area contributed by atoms with Crippen molar-refractivity contribution in [2.75, 3.05) is 0 Å². The molecule has 0 aromatic heterocycles. The van der Waals surface area contributed by atoms with Crippen LogP contribution in [0.4, 0.5) is 4.39 Å². The molecule has 86 valence electrons. The highest BCUT2D eigenvalue weighted by molar-refractivity contribution is 5.68. The maximum absolute atomic E-state index is 13.7. The molecule has 0 radical (unpaired) electrons. The summed E-state index contributed by atoms with van der Waals surface area (Å²) in [5, 5.41) is 8.83. The minimum absolute atomic E-state index is 0.0283. The summed E-state index contributed by atoms with van der Waals surface area (Å²) >= 11 is 0. The first-order chi connectivity index (χ1) is 7.59. The predicted octanol–water partition coefficient (Wildman–Crippen LogP) is 3.28. The molecule has 1 aromatic carbocycles. The van der Waals surface area contributed by atoms with Crippen molar-refractivity contribution in [2.45, 2.75) is 38.0 Å². The van der Waals surface area contributed by atoms with E-state index in [0.29, 0.717) is 0 Å². The molecule has 0 aliphatic heterocycles. The molecule has 0 bridgehead atoms. The number of carbonyl (C=O) groups is 1. The first-order valence-corrected chi connectivity index (χ1v) is 5.59. The number of carboxylic acids is 1. The van der Waals surface area contributed by atoms with E-state index >= 15 is 0 Å². The van der Waals surface area contributed by atoms with Gasteiger partial charge in [-0.05, 0) is 41.9 Å². The number of hydrogen-bond donors (Lipinski definition) is 1. The van der Waals surface area contributed by atoms with Crippen molar-refractivity contribution in [3.63, 3.8) is 0 Å². The minimum atomic E-state index is -0.810. The fourth-order valence-corrected chi connectivity index (χ4v) is 2.60. The maximum Gasteiger partial charge on any atom is 0.303 e. The van der Waals surface area contributed by atoms with E-state index in [0.717, 1.165) is 24.0 Å². The molecule has 1 aliphatic rings. The summed E-state index contributed by atoms with van der Waals surface area (Å²) in [7, 11) is 0. The van der Waals surface area contributed by atoms with Gasteiger partial charge in [0, 0.05) is 0 Å². The predicted molar refractivity (Wildman–Crippen MR) is 59.0 cm³/mol. The van der Waals surface area contributed by atoms with Crippen molar-refractivity contribution >= 4 is 5.97 Å². The fourth-order valence-electron chi connectivity index (χ4n) is 2.60. The van der Waals surface area contributed by atoms with Crippen LogP contribution in [-0.2, 0) is 4.79 Å². The van der Waals surface area contributed by atoms with E-state index in [1.807, 2.05) is 13.0 Å². The van der Waals surface area contributed by atoms with E-state index < -0.39 is 5.97 Å². The third-order valence-corrected chi connectivity index (χ3v) is 3.39. The van der Waals surface area contributed by atoms with Gasteiger partial charge in [-0.15, -0.1) is 0 Å². The topological polar surface area (TPSA) is 37.3 Å². The van der Waals surface area contributed by atoms with Crippen LogP contribution in [0.25, 0.3) is 0 Å². The quantitative estimate of drug-likeness (QED) is 0.833. The summed E-state index contributed by atoms with van der Waals surface area (Å²) in [5.41, 5.74) is 1.61. The van der Waals surface area contributed by atoms with Gasteiger partial charge in [0.15, 0.2) is 0 Å². The van der Waals surface area contributed by atoms with E-state index in [1.54, 1.807) is 6.07 Å². The van der Waals surface area contributed by atoms with Gasteiger partial charge in [-0.3, -0.25) is 4.79 Å². The van der Waals surface area contributed by atoms with Crippen LogP contribution in [0.5, 0.6) is 0 Å². The van der Waals surface area contributed by atoms with Crippen LogP contribution >= 0.6 is 0 Å². The van der Waals surface area contributed by atoms with Crippen LogP contribution in [0, 0.1) is 5.82 Å². The smallest absolute Gasteiger partial charge is 0.303 e. The van der Waals surface area contributed by atoms with Gasteiger partial charge in [0.2, 0.25) is 0 Å². The SMILES string of the molecule is CC1CCC(CC(=O)O)c2cccc(F)c21. The molecule has 2 nitrogen and oxygen atoms in total. The minimum Gasteiger partial charge on any atom is -0.481 e. The molecule has 0 heterocycles. The molecule has 1 aliphatic carbocycles. The van der Waals surface area contributed by atoms with E-state index in [4.69, 9.17) is 5.11 Å². The monoisotopic (exact) mass is 222 g/mol. The molecular formula is C13H15FO2. The average molecular weight is 222 g/mol. The number of benzene rings is 1. The molecule has 0 saturated carbocycles. The molecule has 1 aromatic rings. The number of rotatable bonds is 2. The summed E-state index contributed by atoms with van der Waals surface area (Å²) in [4.78, 5) is 10.8. The Kier molecular flexibility index (Phi) is 2.95. The molecule has 0 amide bonds. The van der Waals surface area contributed by atoms with Crippen molar-refractivity contribution in [3.05, 3.63) is 35.1 Å². The summed E-state index contributed by atoms with van der Waals surface area (Å²) in [6.45, 7) is 2.00. The van der Waals surface area contributed by atoms with Crippen LogP contribution in [-0.4, -0.2) is 11.1 Å². The van der Waals surface area contributed by atoms with Crippen LogP contribution in [0.2, 0.25) is 0 Å². The van der Waals surface area contributed by atoms with Gasteiger partial charge >= 0.3 is 5.97 Å².